The van der Waals surface area contributed by atoms with Crippen LogP contribution in [0, 0.1) is 13.8 Å². The molecule has 0 N–H and O–H groups in total. The quantitative estimate of drug-likeness (QED) is 0.127. The topological polar surface area (TPSA) is 0 Å². The summed E-state index contributed by atoms with van der Waals surface area (Å²) in [5, 5.41) is 5.80. The van der Waals surface area contributed by atoms with Gasteiger partial charge in [-0.1, -0.05) is 129 Å². The van der Waals surface area contributed by atoms with E-state index >= 15 is 0 Å². The fraction of sp³-hybridized carbons (Fsp3) is 0.526. The average Bonchev–Trinajstić information content (AvgIpc) is 3.55. The predicted molar refractivity (Wildman–Crippen MR) is 193 cm³/mol. The van der Waals surface area contributed by atoms with Crippen LogP contribution in [-0.4, -0.2) is 5.43 Å². The van der Waals surface area contributed by atoms with Gasteiger partial charge in [0.05, 0.1) is 0 Å². The van der Waals surface area contributed by atoms with Crippen LogP contribution in [0.4, 0.5) is 0 Å². The number of fused-ring (bicyclic) bond motifs is 2. The van der Waals surface area contributed by atoms with E-state index in [1.807, 2.05) is 0 Å². The van der Waals surface area contributed by atoms with Crippen LogP contribution in [0.15, 0.2) is 48.5 Å². The Morgan fingerprint density at radius 3 is 1.17 bits per heavy atom. The Hall–Kier alpha value is -0.660. The molecule has 0 radical (unpaired) electrons. The molecule has 4 unspecified atom stereocenters. The summed E-state index contributed by atoms with van der Waals surface area (Å²) in [4.78, 5) is 0. The van der Waals surface area contributed by atoms with E-state index in [9.17, 15) is 0 Å². The van der Waals surface area contributed by atoms with Crippen molar-refractivity contribution < 1.29 is 18.0 Å². The molecule has 0 saturated carbocycles. The molecule has 4 aromatic rings. The molecule has 4 heteroatoms. The summed E-state index contributed by atoms with van der Waals surface area (Å²) in [5.74, 6) is 2.62. The molecule has 0 heterocycles. The fourth-order valence-electron chi connectivity index (χ4n) is 5.34. The van der Waals surface area contributed by atoms with Crippen LogP contribution >= 0.6 is 17.0 Å². The van der Waals surface area contributed by atoms with Crippen molar-refractivity contribution in [2.24, 2.45) is 0 Å². The van der Waals surface area contributed by atoms with E-state index < -0.39 is 18.0 Å². The third-order valence-corrected chi connectivity index (χ3v) is 28.8. The van der Waals surface area contributed by atoms with Gasteiger partial charge in [0, 0.05) is 0 Å². The first-order chi connectivity index (χ1) is 19.8. The van der Waals surface area contributed by atoms with Crippen molar-refractivity contribution in [3.63, 3.8) is 0 Å². The molecule has 4 aromatic carbocycles. The van der Waals surface area contributed by atoms with E-state index in [1.165, 1.54) is 69.5 Å². The second-order valence-corrected chi connectivity index (χ2v) is 35.8. The van der Waals surface area contributed by atoms with Crippen LogP contribution < -0.4 is 0 Å². The molecular formula is C38H56Cl2SiZr-2. The first-order valence-corrected chi connectivity index (χ1v) is 28.7. The Bertz CT molecular complexity index is 1340. The number of rotatable bonds is 8. The third kappa shape index (κ3) is 10.2. The molecular weight excluding hydrogens is 647 g/mol. The Balaban J connectivity index is 0.000000247. The van der Waals surface area contributed by atoms with Crippen LogP contribution in [-0.2, 0) is 18.0 Å². The van der Waals surface area contributed by atoms with Gasteiger partial charge in [0.1, 0.15) is 0 Å². The molecule has 232 valence electrons. The molecule has 42 heavy (non-hydrogen) atoms. The van der Waals surface area contributed by atoms with Crippen LogP contribution in [0.1, 0.15) is 138 Å². The number of hydrogen-bond acceptors (Lipinski definition) is 0. The van der Waals surface area contributed by atoms with Crippen LogP contribution in [0.3, 0.4) is 0 Å². The molecule has 0 aliphatic heterocycles. The first kappa shape index (κ1) is 37.5. The number of benzene rings is 2. The van der Waals surface area contributed by atoms with E-state index in [4.69, 9.17) is 17.0 Å². The summed E-state index contributed by atoms with van der Waals surface area (Å²) in [6.07, 6.45) is 4.85. The fourth-order valence-corrected chi connectivity index (χ4v) is 5.34. The Morgan fingerprint density at radius 1 is 0.595 bits per heavy atom. The van der Waals surface area contributed by atoms with Crippen molar-refractivity contribution in [2.75, 3.05) is 0 Å². The van der Waals surface area contributed by atoms with Crippen LogP contribution in [0.2, 0.25) is 13.1 Å². The van der Waals surface area contributed by atoms with Gasteiger partial charge in [-0.05, 0) is 23.7 Å². The molecule has 0 nitrogen and oxygen atoms in total. The zero-order valence-electron chi connectivity index (χ0n) is 28.5. The van der Waals surface area contributed by atoms with Gasteiger partial charge in [-0.15, -0.1) is 56.9 Å². The summed E-state index contributed by atoms with van der Waals surface area (Å²) >= 11 is -1.65. The Kier molecular flexibility index (Phi) is 15.8. The van der Waals surface area contributed by atoms with Gasteiger partial charge in [0.2, 0.25) is 0 Å². The summed E-state index contributed by atoms with van der Waals surface area (Å²) in [6.45, 7) is 27.2. The van der Waals surface area contributed by atoms with Crippen molar-refractivity contribution in [1.29, 1.82) is 0 Å². The third-order valence-electron chi connectivity index (χ3n) is 9.07. The molecule has 0 spiro atoms. The van der Waals surface area contributed by atoms with Crippen molar-refractivity contribution in [3.8, 4) is 0 Å². The molecule has 0 aromatic heterocycles. The van der Waals surface area contributed by atoms with E-state index in [0.29, 0.717) is 23.7 Å². The van der Waals surface area contributed by atoms with E-state index in [1.54, 1.807) is 11.1 Å². The second kappa shape index (κ2) is 17.7. The molecule has 4 atom stereocenters. The zero-order chi connectivity index (χ0) is 31.7. The van der Waals surface area contributed by atoms with E-state index in [0.717, 1.165) is 0 Å². The van der Waals surface area contributed by atoms with Crippen LogP contribution in [0.25, 0.3) is 21.5 Å². The number of halogens is 2. The SMILES string of the molecule is CCC(C)c1cc(C(C)CC)c2cc(C)[cH-]c2c1.CCC(C)c1cc(C(C)CC)c2cc(C)[cH-]c2c1.C[Si](C)=[Zr]([Cl])[Cl]. The monoisotopic (exact) mass is 700 g/mol. The van der Waals surface area contributed by atoms with Gasteiger partial charge in [0.25, 0.3) is 0 Å². The van der Waals surface area contributed by atoms with Gasteiger partial charge in [-0.25, -0.2) is 0 Å². The Morgan fingerprint density at radius 2 is 0.905 bits per heavy atom. The molecule has 0 fully saturated rings. The number of hydrogen-bond donors (Lipinski definition) is 0. The number of aryl methyl sites for hydroxylation is 2. The summed E-state index contributed by atoms with van der Waals surface area (Å²) < 4.78 is 0. The molecule has 4 rings (SSSR count). The molecule has 0 amide bonds. The van der Waals surface area contributed by atoms with Crippen LogP contribution in [0.5, 0.6) is 0 Å². The van der Waals surface area contributed by atoms with Gasteiger partial charge < -0.3 is 0 Å². The molecule has 0 aliphatic rings. The predicted octanol–water partition coefficient (Wildman–Crippen LogP) is 14.0. The van der Waals surface area contributed by atoms with Gasteiger partial charge >= 0.3 is 53.5 Å². The molecule has 0 bridgehead atoms. The molecule has 0 aliphatic carbocycles. The zero-order valence-corrected chi connectivity index (χ0v) is 33.5. The van der Waals surface area contributed by atoms with Crippen molar-refractivity contribution in [1.82, 2.24) is 0 Å². The first-order valence-electron chi connectivity index (χ1n) is 16.2. The van der Waals surface area contributed by atoms with Gasteiger partial charge in [-0.2, -0.15) is 12.1 Å². The van der Waals surface area contributed by atoms with E-state index in [2.05, 4.69) is 131 Å². The van der Waals surface area contributed by atoms with Crippen molar-refractivity contribution >= 4 is 44.0 Å². The summed E-state index contributed by atoms with van der Waals surface area (Å²) in [5.41, 5.74) is 8.64. The van der Waals surface area contributed by atoms with Gasteiger partial charge in [-0.3, -0.25) is 0 Å². The standard InChI is InChI=1S/2C18H25.C2H6Si.2ClH.Zr/c2*1-6-13(4)15-10-16-8-12(3)9-18(16)17(11-15)14(5)7-2;1-3-2;;;/h2*8-11,13-14H,6-7H2,1-5H3;1-2H3;2*1H;/q2*-1;;;;+2/p-2. The van der Waals surface area contributed by atoms with Crippen molar-refractivity contribution in [2.45, 2.75) is 132 Å². The van der Waals surface area contributed by atoms with E-state index in [-0.39, 0.29) is 5.43 Å². The minimum atomic E-state index is -1.65. The second-order valence-electron chi connectivity index (χ2n) is 12.8. The van der Waals surface area contributed by atoms with Gasteiger partial charge in [0.15, 0.2) is 0 Å². The average molecular weight is 703 g/mol. The maximum absolute atomic E-state index is 5.62. The summed E-state index contributed by atoms with van der Waals surface area (Å²) in [6, 6.07) is 19.0. The minimum absolute atomic E-state index is 0.224. The van der Waals surface area contributed by atoms with Crippen molar-refractivity contribution in [3.05, 3.63) is 81.9 Å². The maximum atomic E-state index is 5.62. The Labute approximate surface area is 273 Å². The summed E-state index contributed by atoms with van der Waals surface area (Å²) in [7, 11) is 11.2. The normalized spacial score (nSPS) is 14.0. The molecule has 0 saturated heterocycles.